The van der Waals surface area contributed by atoms with Crippen molar-refractivity contribution in [3.63, 3.8) is 0 Å². The normalized spacial score (nSPS) is 12.6. The molecule has 0 saturated carbocycles. The molecule has 7 heteroatoms. The zero-order chi connectivity index (χ0) is 18.5. The van der Waals surface area contributed by atoms with Crippen LogP contribution < -0.4 is 10.1 Å². The quantitative estimate of drug-likeness (QED) is 0.804. The Labute approximate surface area is 147 Å². The van der Waals surface area contributed by atoms with Crippen LogP contribution in [0.25, 0.3) is 0 Å². The Morgan fingerprint density at radius 3 is 2.42 bits per heavy atom. The molecule has 0 spiro atoms. The number of carbonyl (C=O) groups is 2. The molecule has 1 aromatic rings. The third-order valence-electron chi connectivity index (χ3n) is 3.10. The van der Waals surface area contributed by atoms with Gasteiger partial charge in [0.1, 0.15) is 23.5 Å². The van der Waals surface area contributed by atoms with Crippen molar-refractivity contribution in [1.82, 2.24) is 5.32 Å². The van der Waals surface area contributed by atoms with Crippen molar-refractivity contribution < 1.29 is 24.2 Å². The van der Waals surface area contributed by atoms with Gasteiger partial charge in [-0.2, -0.15) is 0 Å². The van der Waals surface area contributed by atoms with E-state index < -0.39 is 17.7 Å². The lowest BCUT2D eigenvalue weighted by Crippen LogP contribution is -2.45. The first-order valence-electron chi connectivity index (χ1n) is 7.64. The molecular formula is C17H24ClNO5. The Kier molecular flexibility index (Phi) is 6.90. The van der Waals surface area contributed by atoms with Gasteiger partial charge in [0.2, 0.25) is 0 Å². The third-order valence-corrected chi connectivity index (χ3v) is 3.33. The van der Waals surface area contributed by atoms with E-state index in [0.29, 0.717) is 5.02 Å². The predicted octanol–water partition coefficient (Wildman–Crippen LogP) is 3.97. The van der Waals surface area contributed by atoms with Crippen molar-refractivity contribution in [3.8, 4) is 5.75 Å². The smallest absolute Gasteiger partial charge is 0.407 e. The molecule has 134 valence electrons. The molecule has 0 saturated heterocycles. The Morgan fingerprint density at radius 1 is 1.29 bits per heavy atom. The first-order valence-corrected chi connectivity index (χ1v) is 8.02. The highest BCUT2D eigenvalue weighted by atomic mass is 35.5. The van der Waals surface area contributed by atoms with E-state index in [1.807, 2.05) is 13.8 Å². The summed E-state index contributed by atoms with van der Waals surface area (Å²) in [6, 6.07) is 3.96. The first kappa shape index (κ1) is 20.1. The predicted molar refractivity (Wildman–Crippen MR) is 91.9 cm³/mol. The van der Waals surface area contributed by atoms with Crippen LogP contribution in [-0.2, 0) is 4.74 Å². The topological polar surface area (TPSA) is 84.9 Å². The van der Waals surface area contributed by atoms with E-state index in [1.54, 1.807) is 20.8 Å². The number of carboxylic acids is 1. The Bertz CT molecular complexity index is 595. The van der Waals surface area contributed by atoms with Gasteiger partial charge in [0.25, 0.3) is 0 Å². The summed E-state index contributed by atoms with van der Waals surface area (Å²) in [6.45, 7) is 9.26. The van der Waals surface area contributed by atoms with Gasteiger partial charge in [-0.3, -0.25) is 0 Å². The Balaban J connectivity index is 2.79. The molecule has 0 radical (unpaired) electrons. The summed E-state index contributed by atoms with van der Waals surface area (Å²) in [5, 5.41) is 12.3. The second-order valence-electron chi connectivity index (χ2n) is 6.75. The van der Waals surface area contributed by atoms with Gasteiger partial charge in [-0.05, 0) is 44.9 Å². The van der Waals surface area contributed by atoms with E-state index in [-0.39, 0.29) is 29.9 Å². The number of benzene rings is 1. The molecule has 0 aliphatic heterocycles. The summed E-state index contributed by atoms with van der Waals surface area (Å²) in [6.07, 6.45) is -0.547. The van der Waals surface area contributed by atoms with Crippen molar-refractivity contribution in [2.45, 2.75) is 46.3 Å². The summed E-state index contributed by atoms with van der Waals surface area (Å²) in [7, 11) is 0. The fourth-order valence-electron chi connectivity index (χ4n) is 1.83. The van der Waals surface area contributed by atoms with Crippen LogP contribution in [0.1, 0.15) is 45.0 Å². The standard InChI is InChI=1S/C17H24ClNO5/c1-10(2)13(19-16(22)24-17(3,4)5)9-23-14-8-11(18)6-7-12(14)15(20)21/h6-8,10,13H,9H2,1-5H3,(H,19,22)(H,20,21)/t13-/m1/s1. The van der Waals surface area contributed by atoms with Gasteiger partial charge in [0.05, 0.1) is 6.04 Å². The lowest BCUT2D eigenvalue weighted by molar-refractivity contribution is 0.0466. The van der Waals surface area contributed by atoms with Crippen LogP contribution in [0.15, 0.2) is 18.2 Å². The lowest BCUT2D eigenvalue weighted by Gasteiger charge is -2.26. The average molecular weight is 358 g/mol. The highest BCUT2D eigenvalue weighted by Gasteiger charge is 2.23. The highest BCUT2D eigenvalue weighted by molar-refractivity contribution is 6.30. The zero-order valence-electron chi connectivity index (χ0n) is 14.6. The number of nitrogens with one attached hydrogen (secondary N) is 1. The monoisotopic (exact) mass is 357 g/mol. The average Bonchev–Trinajstić information content (AvgIpc) is 2.40. The van der Waals surface area contributed by atoms with Crippen molar-refractivity contribution in [2.75, 3.05) is 6.61 Å². The zero-order valence-corrected chi connectivity index (χ0v) is 15.3. The third kappa shape index (κ3) is 6.66. The van der Waals surface area contributed by atoms with Gasteiger partial charge in [-0.25, -0.2) is 9.59 Å². The van der Waals surface area contributed by atoms with E-state index in [0.717, 1.165) is 0 Å². The molecule has 0 unspecified atom stereocenters. The summed E-state index contributed by atoms with van der Waals surface area (Å²) in [4.78, 5) is 23.1. The van der Waals surface area contributed by atoms with Crippen LogP contribution in [0, 0.1) is 5.92 Å². The molecule has 1 rings (SSSR count). The van der Waals surface area contributed by atoms with Gasteiger partial charge in [0, 0.05) is 5.02 Å². The first-order chi connectivity index (χ1) is 11.0. The number of hydrogen-bond donors (Lipinski definition) is 2. The van der Waals surface area contributed by atoms with Gasteiger partial charge < -0.3 is 19.9 Å². The molecule has 0 heterocycles. The highest BCUT2D eigenvalue weighted by Crippen LogP contribution is 2.24. The van der Waals surface area contributed by atoms with Gasteiger partial charge in [-0.1, -0.05) is 25.4 Å². The lowest BCUT2D eigenvalue weighted by atomic mass is 10.1. The number of aromatic carboxylic acids is 1. The fourth-order valence-corrected chi connectivity index (χ4v) is 1.99. The van der Waals surface area contributed by atoms with E-state index in [1.165, 1.54) is 18.2 Å². The van der Waals surface area contributed by atoms with Crippen LogP contribution >= 0.6 is 11.6 Å². The molecule has 24 heavy (non-hydrogen) atoms. The number of amides is 1. The molecule has 0 bridgehead atoms. The molecule has 0 aliphatic carbocycles. The van der Waals surface area contributed by atoms with Crippen molar-refractivity contribution in [3.05, 3.63) is 28.8 Å². The van der Waals surface area contributed by atoms with Crippen LogP contribution in [0.5, 0.6) is 5.75 Å². The number of rotatable bonds is 6. The summed E-state index contributed by atoms with van der Waals surface area (Å²) < 4.78 is 10.8. The minimum absolute atomic E-state index is 0.0131. The van der Waals surface area contributed by atoms with Gasteiger partial charge in [-0.15, -0.1) is 0 Å². The van der Waals surface area contributed by atoms with Crippen LogP contribution in [0.3, 0.4) is 0 Å². The maximum atomic E-state index is 11.9. The Morgan fingerprint density at radius 2 is 1.92 bits per heavy atom. The molecule has 0 fully saturated rings. The van der Waals surface area contributed by atoms with E-state index in [2.05, 4.69) is 5.32 Å². The molecule has 2 N–H and O–H groups in total. The SMILES string of the molecule is CC(C)[C@@H](COc1cc(Cl)ccc1C(=O)O)NC(=O)OC(C)(C)C. The minimum Gasteiger partial charge on any atom is -0.490 e. The summed E-state index contributed by atoms with van der Waals surface area (Å²) in [5.74, 6) is -0.889. The fraction of sp³-hybridized carbons (Fsp3) is 0.529. The van der Waals surface area contributed by atoms with Crippen molar-refractivity contribution in [1.29, 1.82) is 0 Å². The maximum absolute atomic E-state index is 11.9. The second-order valence-corrected chi connectivity index (χ2v) is 7.19. The van der Waals surface area contributed by atoms with Gasteiger partial charge in [0.15, 0.2) is 0 Å². The van der Waals surface area contributed by atoms with Crippen LogP contribution in [0.2, 0.25) is 5.02 Å². The van der Waals surface area contributed by atoms with Gasteiger partial charge >= 0.3 is 12.1 Å². The number of carbonyl (C=O) groups excluding carboxylic acids is 1. The van der Waals surface area contributed by atoms with E-state index in [9.17, 15) is 14.7 Å². The van der Waals surface area contributed by atoms with Crippen LogP contribution in [-0.4, -0.2) is 35.4 Å². The number of halogens is 1. The molecular weight excluding hydrogens is 334 g/mol. The molecule has 1 amide bonds. The van der Waals surface area contributed by atoms with E-state index >= 15 is 0 Å². The number of carboxylic acid groups (broad SMARTS) is 1. The molecule has 0 aliphatic rings. The van der Waals surface area contributed by atoms with Crippen molar-refractivity contribution >= 4 is 23.7 Å². The summed E-state index contributed by atoms with van der Waals surface area (Å²) >= 11 is 5.89. The van der Waals surface area contributed by atoms with E-state index in [4.69, 9.17) is 21.1 Å². The van der Waals surface area contributed by atoms with Crippen molar-refractivity contribution in [2.24, 2.45) is 5.92 Å². The maximum Gasteiger partial charge on any atom is 0.407 e. The largest absolute Gasteiger partial charge is 0.490 e. The molecule has 0 aromatic heterocycles. The molecule has 1 atom stereocenters. The number of hydrogen-bond acceptors (Lipinski definition) is 4. The summed E-state index contributed by atoms with van der Waals surface area (Å²) in [5.41, 5.74) is -0.588. The number of ether oxygens (including phenoxy) is 2. The molecule has 6 nitrogen and oxygen atoms in total. The number of alkyl carbamates (subject to hydrolysis) is 1. The Hall–Kier alpha value is -1.95. The minimum atomic E-state index is -1.11. The second kappa shape index (κ2) is 8.24. The molecule has 1 aromatic carbocycles. The van der Waals surface area contributed by atoms with Crippen LogP contribution in [0.4, 0.5) is 4.79 Å².